The summed E-state index contributed by atoms with van der Waals surface area (Å²) in [6, 6.07) is 6.20. The van der Waals surface area contributed by atoms with Crippen LogP contribution in [0, 0.1) is 6.92 Å². The molecule has 0 spiro atoms. The lowest BCUT2D eigenvalue weighted by Crippen LogP contribution is -2.16. The van der Waals surface area contributed by atoms with Crippen molar-refractivity contribution >= 4 is 34.0 Å². The van der Waals surface area contributed by atoms with E-state index < -0.39 is 0 Å². The maximum atomic E-state index is 5.92. The number of pyridine rings is 1. The number of hydrogen-bond acceptors (Lipinski definition) is 4. The van der Waals surface area contributed by atoms with Crippen LogP contribution in [0.2, 0.25) is 4.34 Å². The number of aryl methyl sites for hydroxylation is 2. The Labute approximate surface area is 132 Å². The number of nitrogens with one attached hydrogen (secondary N) is 1. The Kier molecular flexibility index (Phi) is 4.24. The Morgan fingerprint density at radius 2 is 2.24 bits per heavy atom. The second-order valence-electron chi connectivity index (χ2n) is 5.06. The second-order valence-corrected chi connectivity index (χ2v) is 6.86. The number of thiophene rings is 1. The van der Waals surface area contributed by atoms with Crippen molar-refractivity contribution in [1.82, 2.24) is 20.1 Å². The van der Waals surface area contributed by atoms with E-state index in [1.807, 2.05) is 30.9 Å². The zero-order valence-electron chi connectivity index (χ0n) is 12.1. The summed E-state index contributed by atoms with van der Waals surface area (Å²) in [5.41, 5.74) is 3.14. The maximum Gasteiger partial charge on any atom is 0.157 e. The van der Waals surface area contributed by atoms with Crippen molar-refractivity contribution in [1.29, 1.82) is 0 Å². The molecule has 3 aromatic heterocycles. The largest absolute Gasteiger partial charge is 0.312 e. The van der Waals surface area contributed by atoms with Gasteiger partial charge in [0, 0.05) is 36.6 Å². The highest BCUT2D eigenvalue weighted by Crippen LogP contribution is 2.21. The number of aromatic nitrogens is 3. The third-order valence-corrected chi connectivity index (χ3v) is 4.72. The standard InChI is InChI=1S/C15H17ClN4S/c1-10-13-7-11(9-18-15(13)20(2)19-10)8-17-6-5-12-3-4-14(16)21-12/h3-4,7,9,17H,5-6,8H2,1-2H3. The van der Waals surface area contributed by atoms with E-state index in [1.165, 1.54) is 10.4 Å². The van der Waals surface area contributed by atoms with Crippen LogP contribution in [0.4, 0.5) is 0 Å². The minimum atomic E-state index is 0.816. The van der Waals surface area contributed by atoms with Crippen molar-refractivity contribution in [2.24, 2.45) is 7.05 Å². The summed E-state index contributed by atoms with van der Waals surface area (Å²) in [7, 11) is 1.92. The molecule has 0 amide bonds. The van der Waals surface area contributed by atoms with Crippen LogP contribution in [-0.2, 0) is 20.0 Å². The minimum absolute atomic E-state index is 0.816. The average Bonchev–Trinajstić information content (AvgIpc) is 3.00. The van der Waals surface area contributed by atoms with E-state index in [2.05, 4.69) is 27.5 Å². The molecule has 3 aromatic rings. The van der Waals surface area contributed by atoms with E-state index in [0.717, 1.165) is 40.6 Å². The van der Waals surface area contributed by atoms with Gasteiger partial charge in [0.15, 0.2) is 5.65 Å². The molecular formula is C15H17ClN4S. The summed E-state index contributed by atoms with van der Waals surface area (Å²) in [6.45, 7) is 3.76. The molecule has 21 heavy (non-hydrogen) atoms. The van der Waals surface area contributed by atoms with Crippen LogP contribution in [0.1, 0.15) is 16.1 Å². The van der Waals surface area contributed by atoms with E-state index in [-0.39, 0.29) is 0 Å². The molecule has 0 aromatic carbocycles. The van der Waals surface area contributed by atoms with Crippen molar-refractivity contribution in [3.05, 3.63) is 44.9 Å². The fraction of sp³-hybridized carbons (Fsp3) is 0.333. The predicted molar refractivity (Wildman–Crippen MR) is 88.0 cm³/mol. The third-order valence-electron chi connectivity index (χ3n) is 3.43. The quantitative estimate of drug-likeness (QED) is 0.733. The van der Waals surface area contributed by atoms with Gasteiger partial charge in [-0.15, -0.1) is 11.3 Å². The van der Waals surface area contributed by atoms with Crippen LogP contribution < -0.4 is 5.32 Å². The Balaban J connectivity index is 1.59. The molecule has 3 rings (SSSR count). The summed E-state index contributed by atoms with van der Waals surface area (Å²) in [6.07, 6.45) is 2.91. The first-order valence-corrected chi connectivity index (χ1v) is 8.06. The van der Waals surface area contributed by atoms with Gasteiger partial charge in [0.2, 0.25) is 0 Å². The van der Waals surface area contributed by atoms with Gasteiger partial charge in [0.05, 0.1) is 10.0 Å². The second kappa shape index (κ2) is 6.13. The highest BCUT2D eigenvalue weighted by Gasteiger charge is 2.06. The van der Waals surface area contributed by atoms with Crippen LogP contribution in [0.5, 0.6) is 0 Å². The summed E-state index contributed by atoms with van der Waals surface area (Å²) in [5.74, 6) is 0. The Hall–Kier alpha value is -1.43. The topological polar surface area (TPSA) is 42.7 Å². The van der Waals surface area contributed by atoms with Crippen molar-refractivity contribution in [2.75, 3.05) is 6.54 Å². The first-order chi connectivity index (χ1) is 10.1. The molecule has 0 radical (unpaired) electrons. The van der Waals surface area contributed by atoms with E-state index >= 15 is 0 Å². The van der Waals surface area contributed by atoms with E-state index in [1.54, 1.807) is 11.3 Å². The Morgan fingerprint density at radius 3 is 3.00 bits per heavy atom. The van der Waals surface area contributed by atoms with Gasteiger partial charge >= 0.3 is 0 Å². The maximum absolute atomic E-state index is 5.92. The smallest absolute Gasteiger partial charge is 0.157 e. The summed E-state index contributed by atoms with van der Waals surface area (Å²) in [4.78, 5) is 5.80. The van der Waals surface area contributed by atoms with Crippen molar-refractivity contribution < 1.29 is 0 Å². The van der Waals surface area contributed by atoms with Gasteiger partial charge in [-0.3, -0.25) is 4.68 Å². The highest BCUT2D eigenvalue weighted by molar-refractivity contribution is 7.16. The molecule has 0 saturated heterocycles. The molecule has 3 heterocycles. The number of rotatable bonds is 5. The SMILES string of the molecule is Cc1nn(C)c2ncc(CNCCc3ccc(Cl)s3)cc12. The third kappa shape index (κ3) is 3.26. The lowest BCUT2D eigenvalue weighted by Gasteiger charge is -2.04. The van der Waals surface area contributed by atoms with E-state index in [0.29, 0.717) is 0 Å². The lowest BCUT2D eigenvalue weighted by atomic mass is 10.2. The van der Waals surface area contributed by atoms with Gasteiger partial charge in [-0.2, -0.15) is 5.10 Å². The average molecular weight is 321 g/mol. The van der Waals surface area contributed by atoms with Gasteiger partial charge in [0.25, 0.3) is 0 Å². The van der Waals surface area contributed by atoms with Gasteiger partial charge in [-0.25, -0.2) is 4.98 Å². The van der Waals surface area contributed by atoms with Gasteiger partial charge in [-0.05, 0) is 37.1 Å². The molecule has 4 nitrogen and oxygen atoms in total. The van der Waals surface area contributed by atoms with Crippen molar-refractivity contribution in [2.45, 2.75) is 19.9 Å². The molecule has 0 bridgehead atoms. The molecule has 0 saturated carbocycles. The minimum Gasteiger partial charge on any atom is -0.312 e. The highest BCUT2D eigenvalue weighted by atomic mass is 35.5. The molecule has 0 unspecified atom stereocenters. The molecular weight excluding hydrogens is 304 g/mol. The lowest BCUT2D eigenvalue weighted by molar-refractivity contribution is 0.689. The first-order valence-electron chi connectivity index (χ1n) is 6.86. The normalized spacial score (nSPS) is 11.4. The Bertz CT molecular complexity index is 762. The molecule has 1 N–H and O–H groups in total. The molecule has 0 aliphatic heterocycles. The first kappa shape index (κ1) is 14.5. The zero-order chi connectivity index (χ0) is 14.8. The summed E-state index contributed by atoms with van der Waals surface area (Å²) in [5, 5.41) is 8.97. The van der Waals surface area contributed by atoms with Crippen LogP contribution in [0.25, 0.3) is 11.0 Å². The van der Waals surface area contributed by atoms with Crippen molar-refractivity contribution in [3.8, 4) is 0 Å². The number of fused-ring (bicyclic) bond motifs is 1. The van der Waals surface area contributed by atoms with Crippen molar-refractivity contribution in [3.63, 3.8) is 0 Å². The van der Waals surface area contributed by atoms with Crippen LogP contribution >= 0.6 is 22.9 Å². The fourth-order valence-electron chi connectivity index (χ4n) is 2.38. The van der Waals surface area contributed by atoms with Gasteiger partial charge in [-0.1, -0.05) is 11.6 Å². The number of nitrogens with zero attached hydrogens (tertiary/aromatic N) is 3. The summed E-state index contributed by atoms with van der Waals surface area (Å²) >= 11 is 7.57. The van der Waals surface area contributed by atoms with Crippen LogP contribution in [0.3, 0.4) is 0 Å². The van der Waals surface area contributed by atoms with Gasteiger partial charge in [0.1, 0.15) is 0 Å². The summed E-state index contributed by atoms with van der Waals surface area (Å²) < 4.78 is 2.68. The molecule has 0 aliphatic rings. The molecule has 110 valence electrons. The van der Waals surface area contributed by atoms with E-state index in [9.17, 15) is 0 Å². The molecule has 0 aliphatic carbocycles. The molecule has 6 heteroatoms. The molecule has 0 fully saturated rings. The zero-order valence-corrected chi connectivity index (χ0v) is 13.6. The van der Waals surface area contributed by atoms with E-state index in [4.69, 9.17) is 11.6 Å². The number of hydrogen-bond donors (Lipinski definition) is 1. The molecule has 0 atom stereocenters. The fourth-order valence-corrected chi connectivity index (χ4v) is 3.47. The Morgan fingerprint density at radius 1 is 1.38 bits per heavy atom. The van der Waals surface area contributed by atoms with Gasteiger partial charge < -0.3 is 5.32 Å². The number of halogens is 1. The predicted octanol–water partition coefficient (Wildman–Crippen LogP) is 3.32. The monoisotopic (exact) mass is 320 g/mol. The van der Waals surface area contributed by atoms with Crippen LogP contribution in [0.15, 0.2) is 24.4 Å². The van der Waals surface area contributed by atoms with Crippen LogP contribution in [-0.4, -0.2) is 21.3 Å².